The number of nitrogens with one attached hydrogen (secondary N) is 1. The second-order valence-electron chi connectivity index (χ2n) is 7.10. The van der Waals surface area contributed by atoms with Crippen molar-refractivity contribution < 1.29 is 4.74 Å². The van der Waals surface area contributed by atoms with E-state index in [9.17, 15) is 0 Å². The first-order chi connectivity index (χ1) is 9.07. The zero-order valence-electron chi connectivity index (χ0n) is 13.2. The van der Waals surface area contributed by atoms with Crippen molar-refractivity contribution in [3.8, 4) is 0 Å². The van der Waals surface area contributed by atoms with E-state index in [2.05, 4.69) is 31.2 Å². The molecule has 19 heavy (non-hydrogen) atoms. The Morgan fingerprint density at radius 2 is 2.05 bits per heavy atom. The predicted molar refractivity (Wildman–Crippen MR) is 80.4 cm³/mol. The monoisotopic (exact) mass is 268 g/mol. The molecule has 3 nitrogen and oxygen atoms in total. The van der Waals surface area contributed by atoms with Crippen LogP contribution in [-0.2, 0) is 4.74 Å². The molecular formula is C16H32N2O. The average molecular weight is 268 g/mol. The third-order valence-electron chi connectivity index (χ3n) is 5.25. The molecule has 0 aromatic heterocycles. The summed E-state index contributed by atoms with van der Waals surface area (Å²) in [6, 6.07) is 0.569. The molecule has 0 radical (unpaired) electrons. The van der Waals surface area contributed by atoms with E-state index in [1.165, 1.54) is 38.5 Å². The second-order valence-corrected chi connectivity index (χ2v) is 7.10. The normalized spacial score (nSPS) is 33.6. The predicted octanol–water partition coefficient (Wildman–Crippen LogP) is 2.51. The summed E-state index contributed by atoms with van der Waals surface area (Å²) in [6.45, 7) is 4.39. The van der Waals surface area contributed by atoms with Crippen LogP contribution >= 0.6 is 0 Å². The number of hydrogen-bond acceptors (Lipinski definition) is 3. The molecule has 0 bridgehead atoms. The molecule has 3 heteroatoms. The molecule has 0 aromatic rings. The van der Waals surface area contributed by atoms with Crippen LogP contribution in [0.25, 0.3) is 0 Å². The fourth-order valence-corrected chi connectivity index (χ4v) is 3.72. The highest BCUT2D eigenvalue weighted by Gasteiger charge is 2.39. The van der Waals surface area contributed by atoms with Crippen molar-refractivity contribution in [1.29, 1.82) is 0 Å². The molecule has 2 saturated carbocycles. The van der Waals surface area contributed by atoms with Crippen molar-refractivity contribution in [2.24, 2.45) is 11.8 Å². The first-order valence-corrected chi connectivity index (χ1v) is 7.97. The minimum atomic E-state index is 0.360. The Balaban J connectivity index is 1.92. The van der Waals surface area contributed by atoms with Gasteiger partial charge in [0.25, 0.3) is 0 Å². The molecule has 0 aromatic carbocycles. The zero-order valence-corrected chi connectivity index (χ0v) is 13.2. The quantitative estimate of drug-likeness (QED) is 0.768. The largest absolute Gasteiger partial charge is 0.383 e. The highest BCUT2D eigenvalue weighted by Crippen LogP contribution is 2.37. The first-order valence-electron chi connectivity index (χ1n) is 7.97. The molecule has 112 valence electrons. The summed E-state index contributed by atoms with van der Waals surface area (Å²) < 4.78 is 5.38. The van der Waals surface area contributed by atoms with E-state index in [0.717, 1.165) is 25.0 Å². The van der Waals surface area contributed by atoms with Gasteiger partial charge in [0.05, 0.1) is 6.61 Å². The third-order valence-corrected chi connectivity index (χ3v) is 5.25. The molecule has 2 rings (SSSR count). The fraction of sp³-hybridized carbons (Fsp3) is 1.00. The maximum atomic E-state index is 5.38. The van der Waals surface area contributed by atoms with Crippen molar-refractivity contribution in [2.45, 2.75) is 57.0 Å². The summed E-state index contributed by atoms with van der Waals surface area (Å²) in [6.07, 6.45) is 8.21. The minimum Gasteiger partial charge on any atom is -0.383 e. The summed E-state index contributed by atoms with van der Waals surface area (Å²) in [4.78, 5) is 2.46. The Kier molecular flexibility index (Phi) is 5.27. The summed E-state index contributed by atoms with van der Waals surface area (Å²) in [5.74, 6) is 1.72. The Morgan fingerprint density at radius 3 is 2.58 bits per heavy atom. The van der Waals surface area contributed by atoms with E-state index < -0.39 is 0 Å². The molecule has 2 aliphatic rings. The zero-order chi connectivity index (χ0) is 13.9. The van der Waals surface area contributed by atoms with Gasteiger partial charge in [-0.25, -0.2) is 0 Å². The standard InChI is InChI=1S/C16H32N2O/c1-13-6-5-9-16(10-13,18(2)3)12-17-15(11-19-4)14-7-8-14/h13-15,17H,5-12H2,1-4H3. The van der Waals surface area contributed by atoms with Crippen LogP contribution < -0.4 is 5.32 Å². The summed E-state index contributed by atoms with van der Waals surface area (Å²) >= 11 is 0. The molecule has 3 atom stereocenters. The highest BCUT2D eigenvalue weighted by atomic mass is 16.5. The highest BCUT2D eigenvalue weighted by molar-refractivity contribution is 4.97. The molecule has 3 unspecified atom stereocenters. The molecule has 0 amide bonds. The topological polar surface area (TPSA) is 24.5 Å². The van der Waals surface area contributed by atoms with Gasteiger partial charge in [-0.2, -0.15) is 0 Å². The molecule has 0 spiro atoms. The van der Waals surface area contributed by atoms with Crippen LogP contribution in [-0.4, -0.2) is 50.8 Å². The Bertz CT molecular complexity index is 278. The SMILES string of the molecule is COCC(NCC1(N(C)C)CCCC(C)C1)C1CC1. The van der Waals surface area contributed by atoms with E-state index >= 15 is 0 Å². The lowest BCUT2D eigenvalue weighted by Gasteiger charge is -2.46. The Hall–Kier alpha value is -0.120. The summed E-state index contributed by atoms with van der Waals surface area (Å²) in [5.41, 5.74) is 0.360. The van der Waals surface area contributed by atoms with Gasteiger partial charge < -0.3 is 15.0 Å². The van der Waals surface area contributed by atoms with E-state index in [1.54, 1.807) is 0 Å². The lowest BCUT2D eigenvalue weighted by atomic mass is 9.75. The average Bonchev–Trinajstić information content (AvgIpc) is 3.18. The van der Waals surface area contributed by atoms with Crippen LogP contribution in [0.15, 0.2) is 0 Å². The number of methoxy groups -OCH3 is 1. The number of rotatable bonds is 7. The maximum Gasteiger partial charge on any atom is 0.0618 e. The van der Waals surface area contributed by atoms with Crippen LogP contribution in [0.4, 0.5) is 0 Å². The van der Waals surface area contributed by atoms with Gasteiger partial charge in [-0.1, -0.05) is 19.8 Å². The fourth-order valence-electron chi connectivity index (χ4n) is 3.72. The number of ether oxygens (including phenoxy) is 1. The van der Waals surface area contributed by atoms with E-state index in [4.69, 9.17) is 4.74 Å². The van der Waals surface area contributed by atoms with E-state index in [-0.39, 0.29) is 0 Å². The summed E-state index contributed by atoms with van der Waals surface area (Å²) in [7, 11) is 6.33. The Labute approximate surface area is 119 Å². The summed E-state index contributed by atoms with van der Waals surface area (Å²) in [5, 5.41) is 3.83. The van der Waals surface area contributed by atoms with Crippen molar-refractivity contribution in [3.63, 3.8) is 0 Å². The van der Waals surface area contributed by atoms with Gasteiger partial charge >= 0.3 is 0 Å². The number of likely N-dealkylation sites (N-methyl/N-ethyl adjacent to an activating group) is 1. The van der Waals surface area contributed by atoms with Gasteiger partial charge in [0.1, 0.15) is 0 Å². The first kappa shape index (κ1) is 15.3. The lowest BCUT2D eigenvalue weighted by molar-refractivity contribution is 0.0648. The number of hydrogen-bond donors (Lipinski definition) is 1. The van der Waals surface area contributed by atoms with Gasteiger partial charge in [-0.05, 0) is 51.6 Å². The van der Waals surface area contributed by atoms with Crippen LogP contribution in [0.5, 0.6) is 0 Å². The van der Waals surface area contributed by atoms with Crippen LogP contribution in [0, 0.1) is 11.8 Å². The van der Waals surface area contributed by atoms with Gasteiger partial charge in [-0.3, -0.25) is 0 Å². The molecule has 2 fully saturated rings. The molecule has 0 aliphatic heterocycles. The molecule has 2 aliphatic carbocycles. The molecule has 0 saturated heterocycles. The van der Waals surface area contributed by atoms with Crippen molar-refractivity contribution >= 4 is 0 Å². The molecular weight excluding hydrogens is 236 g/mol. The van der Waals surface area contributed by atoms with Gasteiger partial charge in [0.15, 0.2) is 0 Å². The van der Waals surface area contributed by atoms with Crippen LogP contribution in [0.2, 0.25) is 0 Å². The van der Waals surface area contributed by atoms with Gasteiger partial charge in [0, 0.05) is 25.2 Å². The van der Waals surface area contributed by atoms with Gasteiger partial charge in [0.2, 0.25) is 0 Å². The van der Waals surface area contributed by atoms with Crippen molar-refractivity contribution in [3.05, 3.63) is 0 Å². The second kappa shape index (κ2) is 6.55. The minimum absolute atomic E-state index is 0.360. The molecule has 1 N–H and O–H groups in total. The lowest BCUT2D eigenvalue weighted by Crippen LogP contribution is -2.56. The third kappa shape index (κ3) is 3.93. The van der Waals surface area contributed by atoms with Crippen LogP contribution in [0.3, 0.4) is 0 Å². The van der Waals surface area contributed by atoms with E-state index in [1.807, 2.05) is 7.11 Å². The smallest absolute Gasteiger partial charge is 0.0618 e. The molecule has 0 heterocycles. The van der Waals surface area contributed by atoms with Crippen molar-refractivity contribution in [2.75, 3.05) is 34.4 Å². The Morgan fingerprint density at radius 1 is 1.32 bits per heavy atom. The maximum absolute atomic E-state index is 5.38. The van der Waals surface area contributed by atoms with Crippen molar-refractivity contribution in [1.82, 2.24) is 10.2 Å². The van der Waals surface area contributed by atoms with Gasteiger partial charge in [-0.15, -0.1) is 0 Å². The van der Waals surface area contributed by atoms with Crippen LogP contribution in [0.1, 0.15) is 45.4 Å². The van der Waals surface area contributed by atoms with E-state index in [0.29, 0.717) is 11.6 Å². The number of nitrogens with zero attached hydrogens (tertiary/aromatic N) is 1.